The van der Waals surface area contributed by atoms with Gasteiger partial charge in [-0.25, -0.2) is 0 Å². The van der Waals surface area contributed by atoms with Gasteiger partial charge in [-0.15, -0.1) is 0 Å². The predicted molar refractivity (Wildman–Crippen MR) is 91.9 cm³/mol. The number of aromatic nitrogens is 1. The molecule has 4 aromatic rings. The lowest BCUT2D eigenvalue weighted by molar-refractivity contribution is 1.18. The van der Waals surface area contributed by atoms with Crippen LogP contribution in [0.1, 0.15) is 7.43 Å². The fraction of sp³-hybridized carbons (Fsp3) is 0.0526. The average molecular weight is 274 g/mol. The Labute approximate surface area is 124 Å². The summed E-state index contributed by atoms with van der Waals surface area (Å²) in [5.74, 6) is 0. The Hall–Kier alpha value is -2.74. The third-order valence-corrected chi connectivity index (χ3v) is 3.76. The number of nitrogens with two attached hydrogens (primary N) is 1. The van der Waals surface area contributed by atoms with Crippen LogP contribution in [0.15, 0.2) is 72.8 Å². The Kier molecular flexibility index (Phi) is 3.15. The maximum Gasteiger partial charge on any atom is 0.0691 e. The van der Waals surface area contributed by atoms with Gasteiger partial charge in [-0.1, -0.05) is 56.0 Å². The van der Waals surface area contributed by atoms with Crippen molar-refractivity contribution in [3.63, 3.8) is 0 Å². The van der Waals surface area contributed by atoms with Crippen LogP contribution in [0.2, 0.25) is 0 Å². The van der Waals surface area contributed by atoms with Gasteiger partial charge >= 0.3 is 0 Å². The lowest BCUT2D eigenvalue weighted by atomic mass is 10.2. The van der Waals surface area contributed by atoms with Gasteiger partial charge in [-0.2, -0.15) is 0 Å². The van der Waals surface area contributed by atoms with Crippen LogP contribution in [0.5, 0.6) is 0 Å². The zero-order valence-corrected chi connectivity index (χ0v) is 11.0. The number of nitrogens with zero attached hydrogens (tertiary/aromatic N) is 1. The van der Waals surface area contributed by atoms with Crippen LogP contribution < -0.4 is 5.73 Å². The van der Waals surface area contributed by atoms with Gasteiger partial charge in [0.15, 0.2) is 0 Å². The summed E-state index contributed by atoms with van der Waals surface area (Å²) in [5, 5.41) is 2.51. The van der Waals surface area contributed by atoms with Crippen molar-refractivity contribution in [2.45, 2.75) is 7.43 Å². The van der Waals surface area contributed by atoms with E-state index in [0.29, 0.717) is 0 Å². The molecule has 0 bridgehead atoms. The highest BCUT2D eigenvalue weighted by atomic mass is 15.0. The van der Waals surface area contributed by atoms with Crippen molar-refractivity contribution in [1.29, 1.82) is 0 Å². The molecule has 2 heteroatoms. The van der Waals surface area contributed by atoms with Crippen molar-refractivity contribution in [3.8, 4) is 5.69 Å². The van der Waals surface area contributed by atoms with Gasteiger partial charge < -0.3 is 10.3 Å². The molecule has 21 heavy (non-hydrogen) atoms. The summed E-state index contributed by atoms with van der Waals surface area (Å²) in [6, 6.07) is 24.9. The third kappa shape index (κ3) is 1.88. The second-order valence-corrected chi connectivity index (χ2v) is 4.93. The number of benzene rings is 3. The van der Waals surface area contributed by atoms with E-state index in [1.807, 2.05) is 18.2 Å². The number of hydrogen-bond donors (Lipinski definition) is 1. The van der Waals surface area contributed by atoms with Crippen molar-refractivity contribution in [2.24, 2.45) is 0 Å². The number of hydrogen-bond acceptors (Lipinski definition) is 1. The highest BCUT2D eigenvalue weighted by Crippen LogP contribution is 2.33. The minimum atomic E-state index is 0. The van der Waals surface area contributed by atoms with Gasteiger partial charge in [0.25, 0.3) is 0 Å². The first-order valence-corrected chi connectivity index (χ1v) is 6.69. The van der Waals surface area contributed by atoms with E-state index in [1.165, 1.54) is 21.8 Å². The standard InChI is InChI=1S/C18H14N2.CH4/c19-15-9-3-6-12-18(15)20-16-10-4-1-7-13(16)14-8-2-5-11-17(14)20;/h1-12H,19H2;1H4. The molecule has 0 amide bonds. The Morgan fingerprint density at radius 1 is 0.619 bits per heavy atom. The minimum Gasteiger partial charge on any atom is -0.397 e. The fourth-order valence-electron chi connectivity index (χ4n) is 2.87. The zero-order valence-electron chi connectivity index (χ0n) is 11.0. The van der Waals surface area contributed by atoms with Gasteiger partial charge in [-0.05, 0) is 24.3 Å². The molecule has 2 nitrogen and oxygen atoms in total. The van der Waals surface area contributed by atoms with Crippen LogP contribution in [-0.4, -0.2) is 4.57 Å². The van der Waals surface area contributed by atoms with Crippen molar-refractivity contribution in [1.82, 2.24) is 4.57 Å². The first-order chi connectivity index (χ1) is 9.86. The molecule has 0 aliphatic carbocycles. The van der Waals surface area contributed by atoms with Crippen LogP contribution in [0.3, 0.4) is 0 Å². The molecule has 0 unspecified atom stereocenters. The van der Waals surface area contributed by atoms with E-state index in [-0.39, 0.29) is 7.43 Å². The molecule has 0 saturated heterocycles. The van der Waals surface area contributed by atoms with Crippen molar-refractivity contribution in [2.75, 3.05) is 5.73 Å². The molecule has 0 spiro atoms. The summed E-state index contributed by atoms with van der Waals surface area (Å²) in [7, 11) is 0. The lowest BCUT2D eigenvalue weighted by Gasteiger charge is -2.10. The summed E-state index contributed by atoms with van der Waals surface area (Å²) in [4.78, 5) is 0. The normalized spacial score (nSPS) is 10.7. The molecule has 0 saturated carbocycles. The molecule has 3 aromatic carbocycles. The van der Waals surface area contributed by atoms with Crippen LogP contribution in [0.4, 0.5) is 5.69 Å². The summed E-state index contributed by atoms with van der Waals surface area (Å²) in [5.41, 5.74) is 10.4. The fourth-order valence-corrected chi connectivity index (χ4v) is 2.87. The average Bonchev–Trinajstić information content (AvgIpc) is 2.83. The van der Waals surface area contributed by atoms with Crippen LogP contribution in [0, 0.1) is 0 Å². The molecule has 4 rings (SSSR count). The Bertz CT molecular complexity index is 866. The molecule has 104 valence electrons. The minimum absolute atomic E-state index is 0. The highest BCUT2D eigenvalue weighted by molar-refractivity contribution is 6.09. The largest absolute Gasteiger partial charge is 0.397 e. The SMILES string of the molecule is C.Nc1ccccc1-n1c2ccccc2c2ccccc21. The van der Waals surface area contributed by atoms with Crippen LogP contribution in [-0.2, 0) is 0 Å². The molecule has 2 N–H and O–H groups in total. The maximum atomic E-state index is 6.17. The van der Waals surface area contributed by atoms with Gasteiger partial charge in [-0.3, -0.25) is 0 Å². The first-order valence-electron chi connectivity index (χ1n) is 6.69. The van der Waals surface area contributed by atoms with E-state index in [1.54, 1.807) is 0 Å². The lowest BCUT2D eigenvalue weighted by Crippen LogP contribution is -1.98. The van der Waals surface area contributed by atoms with Crippen molar-refractivity contribution < 1.29 is 0 Å². The van der Waals surface area contributed by atoms with E-state index < -0.39 is 0 Å². The molecule has 0 atom stereocenters. The van der Waals surface area contributed by atoms with Crippen LogP contribution >= 0.6 is 0 Å². The summed E-state index contributed by atoms with van der Waals surface area (Å²) in [6.07, 6.45) is 0. The predicted octanol–water partition coefficient (Wildman–Crippen LogP) is 5.00. The maximum absolute atomic E-state index is 6.17. The number of anilines is 1. The summed E-state index contributed by atoms with van der Waals surface area (Å²) < 4.78 is 2.24. The number of fused-ring (bicyclic) bond motifs is 3. The first kappa shape index (κ1) is 13.3. The smallest absolute Gasteiger partial charge is 0.0691 e. The highest BCUT2D eigenvalue weighted by Gasteiger charge is 2.12. The second-order valence-electron chi connectivity index (χ2n) is 4.93. The summed E-state index contributed by atoms with van der Waals surface area (Å²) >= 11 is 0. The third-order valence-electron chi connectivity index (χ3n) is 3.76. The van der Waals surface area contributed by atoms with Crippen LogP contribution in [0.25, 0.3) is 27.5 Å². The Morgan fingerprint density at radius 2 is 1.10 bits per heavy atom. The van der Waals surface area contributed by atoms with E-state index in [0.717, 1.165) is 11.4 Å². The van der Waals surface area contributed by atoms with Gasteiger partial charge in [0.2, 0.25) is 0 Å². The molecular formula is C19H18N2. The Morgan fingerprint density at radius 3 is 1.67 bits per heavy atom. The van der Waals surface area contributed by atoms with E-state index in [2.05, 4.69) is 59.2 Å². The second kappa shape index (κ2) is 4.98. The van der Waals surface area contributed by atoms with Crippen molar-refractivity contribution in [3.05, 3.63) is 72.8 Å². The monoisotopic (exact) mass is 274 g/mol. The van der Waals surface area contributed by atoms with E-state index in [9.17, 15) is 0 Å². The van der Waals surface area contributed by atoms with E-state index in [4.69, 9.17) is 5.73 Å². The molecule has 1 aromatic heterocycles. The molecule has 1 heterocycles. The molecule has 0 aliphatic heterocycles. The zero-order chi connectivity index (χ0) is 13.5. The number of para-hydroxylation sites is 4. The van der Waals surface area contributed by atoms with Gasteiger partial charge in [0, 0.05) is 10.8 Å². The molecule has 0 fully saturated rings. The van der Waals surface area contributed by atoms with Gasteiger partial charge in [0.05, 0.1) is 22.4 Å². The number of nitrogen functional groups attached to an aromatic ring is 1. The molecule has 0 aliphatic rings. The van der Waals surface area contributed by atoms with Crippen molar-refractivity contribution >= 4 is 27.5 Å². The van der Waals surface area contributed by atoms with E-state index >= 15 is 0 Å². The molecule has 0 radical (unpaired) electrons. The Balaban J connectivity index is 0.00000132. The number of rotatable bonds is 1. The summed E-state index contributed by atoms with van der Waals surface area (Å²) in [6.45, 7) is 0. The topological polar surface area (TPSA) is 30.9 Å². The van der Waals surface area contributed by atoms with Gasteiger partial charge in [0.1, 0.15) is 0 Å². The quantitative estimate of drug-likeness (QED) is 0.486. The molecular weight excluding hydrogens is 256 g/mol.